The van der Waals surface area contributed by atoms with Crippen LogP contribution in [0.5, 0.6) is 0 Å². The van der Waals surface area contributed by atoms with E-state index in [9.17, 15) is 0 Å². The van der Waals surface area contributed by atoms with E-state index in [1.807, 2.05) is 11.3 Å². The summed E-state index contributed by atoms with van der Waals surface area (Å²) >= 11 is 1.87. The van der Waals surface area contributed by atoms with Gasteiger partial charge in [0.1, 0.15) is 0 Å². The van der Waals surface area contributed by atoms with Crippen LogP contribution in [0.1, 0.15) is 25.0 Å². The van der Waals surface area contributed by atoms with Gasteiger partial charge in [0.15, 0.2) is 0 Å². The molecule has 0 amide bonds. The summed E-state index contributed by atoms with van der Waals surface area (Å²) in [5.41, 5.74) is 13.8. The van der Waals surface area contributed by atoms with Crippen LogP contribution in [0.2, 0.25) is 0 Å². The molecule has 0 fully saturated rings. The van der Waals surface area contributed by atoms with Crippen LogP contribution in [-0.4, -0.2) is 0 Å². The summed E-state index contributed by atoms with van der Waals surface area (Å²) in [5.74, 6) is 0. The Morgan fingerprint density at radius 1 is 0.471 bits per heavy atom. The molecule has 2 heteroatoms. The topological polar surface area (TPSA) is 3.24 Å². The minimum atomic E-state index is -0.113. The van der Waals surface area contributed by atoms with Crippen LogP contribution >= 0.6 is 11.3 Å². The van der Waals surface area contributed by atoms with Crippen molar-refractivity contribution < 1.29 is 0 Å². The first kappa shape index (κ1) is 29.9. The van der Waals surface area contributed by atoms with Crippen LogP contribution in [0, 0.1) is 0 Å². The zero-order valence-electron chi connectivity index (χ0n) is 28.6. The van der Waals surface area contributed by atoms with Crippen molar-refractivity contribution in [3.05, 3.63) is 187 Å². The van der Waals surface area contributed by atoms with Gasteiger partial charge in [0.2, 0.25) is 0 Å². The van der Waals surface area contributed by atoms with Crippen molar-refractivity contribution in [1.82, 2.24) is 0 Å². The third-order valence-electron chi connectivity index (χ3n) is 10.8. The number of nitrogens with zero attached hydrogens (tertiary/aromatic N) is 1. The van der Waals surface area contributed by atoms with Crippen LogP contribution in [0.3, 0.4) is 0 Å². The molecule has 0 saturated carbocycles. The molecule has 0 aliphatic heterocycles. The van der Waals surface area contributed by atoms with Gasteiger partial charge in [-0.2, -0.15) is 0 Å². The second-order valence-electron chi connectivity index (χ2n) is 14.1. The number of benzene rings is 8. The molecule has 9 aromatic rings. The van der Waals surface area contributed by atoms with Gasteiger partial charge in [-0.15, -0.1) is 11.3 Å². The van der Waals surface area contributed by atoms with E-state index in [1.54, 1.807) is 0 Å². The van der Waals surface area contributed by atoms with E-state index in [-0.39, 0.29) is 5.41 Å². The lowest BCUT2D eigenvalue weighted by molar-refractivity contribution is 0.662. The fourth-order valence-corrected chi connectivity index (χ4v) is 9.73. The van der Waals surface area contributed by atoms with Gasteiger partial charge in [0.05, 0.1) is 11.4 Å². The maximum absolute atomic E-state index is 2.52. The Bertz CT molecular complexity index is 2790. The number of rotatable bonds is 5. The van der Waals surface area contributed by atoms with Crippen molar-refractivity contribution in [3.63, 3.8) is 0 Å². The molecule has 0 radical (unpaired) electrons. The SMILES string of the molecule is CC1(C)c2ccccc2-c2cccc(-c3cccc(N(c4ccc5ccccc5c4-c4ccccc4)c4cccc5sc6ccccc6c45)c3)c21. The van der Waals surface area contributed by atoms with E-state index < -0.39 is 0 Å². The average Bonchev–Trinajstić information content (AvgIpc) is 3.68. The minimum absolute atomic E-state index is 0.113. The van der Waals surface area contributed by atoms with Crippen molar-refractivity contribution in [2.75, 3.05) is 4.90 Å². The molecule has 1 aliphatic rings. The van der Waals surface area contributed by atoms with Gasteiger partial charge in [-0.05, 0) is 86.1 Å². The molecular weight excluding hydrogens is 635 g/mol. The minimum Gasteiger partial charge on any atom is -0.309 e. The predicted molar refractivity (Wildman–Crippen MR) is 220 cm³/mol. The van der Waals surface area contributed by atoms with Gasteiger partial charge >= 0.3 is 0 Å². The third kappa shape index (κ3) is 4.60. The molecule has 0 unspecified atom stereocenters. The van der Waals surface area contributed by atoms with Crippen LogP contribution in [0.25, 0.3) is 64.3 Å². The molecule has 0 N–H and O–H groups in total. The standard InChI is InChI=1S/C49H35NS/c1-49(2)41-25-10-8-21-38(41)39-24-13-23-37(48(39)49)34-18-12-19-35(31-34)50(42-26-14-28-45-47(42)40-22-9-11-27-44(40)51-45)43-30-29-32-15-6-7-20-36(32)46(43)33-16-4-3-5-17-33/h3-31H,1-2H3. The van der Waals surface area contributed by atoms with E-state index in [1.165, 1.54) is 81.1 Å². The summed E-state index contributed by atoms with van der Waals surface area (Å²) < 4.78 is 2.59. The van der Waals surface area contributed by atoms with Crippen molar-refractivity contribution in [2.24, 2.45) is 0 Å². The molecule has 1 heterocycles. The molecule has 8 aromatic carbocycles. The molecule has 0 saturated heterocycles. The molecular formula is C49H35NS. The summed E-state index contributed by atoms with van der Waals surface area (Å²) in [7, 11) is 0. The molecule has 1 nitrogen and oxygen atoms in total. The molecule has 1 aromatic heterocycles. The average molecular weight is 670 g/mol. The van der Waals surface area contributed by atoms with Crippen molar-refractivity contribution >= 4 is 59.3 Å². The number of hydrogen-bond donors (Lipinski definition) is 0. The van der Waals surface area contributed by atoms with E-state index in [2.05, 4.69) is 195 Å². The van der Waals surface area contributed by atoms with Crippen molar-refractivity contribution in [2.45, 2.75) is 19.3 Å². The normalized spacial score (nSPS) is 13.1. The van der Waals surface area contributed by atoms with Gasteiger partial charge in [0.25, 0.3) is 0 Å². The zero-order chi connectivity index (χ0) is 34.1. The largest absolute Gasteiger partial charge is 0.309 e. The van der Waals surface area contributed by atoms with Crippen LogP contribution in [0.15, 0.2) is 176 Å². The van der Waals surface area contributed by atoms with Crippen LogP contribution in [-0.2, 0) is 5.41 Å². The fraction of sp³-hybridized carbons (Fsp3) is 0.0612. The van der Waals surface area contributed by atoms with Crippen molar-refractivity contribution in [1.29, 1.82) is 0 Å². The summed E-state index contributed by atoms with van der Waals surface area (Å²) in [5, 5.41) is 5.05. The van der Waals surface area contributed by atoms with Gasteiger partial charge in [-0.25, -0.2) is 0 Å². The quantitative estimate of drug-likeness (QED) is 0.176. The Morgan fingerprint density at radius 2 is 1.14 bits per heavy atom. The van der Waals surface area contributed by atoms with Gasteiger partial charge in [0, 0.05) is 36.8 Å². The lowest BCUT2D eigenvalue weighted by Crippen LogP contribution is -2.16. The smallest absolute Gasteiger partial charge is 0.0555 e. The van der Waals surface area contributed by atoms with Gasteiger partial charge < -0.3 is 4.90 Å². The van der Waals surface area contributed by atoms with Crippen molar-refractivity contribution in [3.8, 4) is 33.4 Å². The van der Waals surface area contributed by atoms with E-state index in [0.717, 1.165) is 11.4 Å². The Labute approximate surface area is 302 Å². The molecule has 0 atom stereocenters. The second-order valence-corrected chi connectivity index (χ2v) is 15.2. The van der Waals surface area contributed by atoms with Crippen LogP contribution < -0.4 is 4.90 Å². The Balaban J connectivity index is 1.27. The maximum Gasteiger partial charge on any atom is 0.0555 e. The monoisotopic (exact) mass is 669 g/mol. The molecule has 51 heavy (non-hydrogen) atoms. The molecule has 0 bridgehead atoms. The molecule has 10 rings (SSSR count). The van der Waals surface area contributed by atoms with E-state index in [0.29, 0.717) is 0 Å². The number of anilines is 3. The maximum atomic E-state index is 2.52. The lowest BCUT2D eigenvalue weighted by Gasteiger charge is -2.30. The molecule has 242 valence electrons. The summed E-state index contributed by atoms with van der Waals surface area (Å²) in [4.78, 5) is 2.52. The highest BCUT2D eigenvalue weighted by molar-refractivity contribution is 7.26. The van der Waals surface area contributed by atoms with Crippen LogP contribution in [0.4, 0.5) is 17.1 Å². The number of hydrogen-bond acceptors (Lipinski definition) is 2. The second kappa shape index (κ2) is 11.6. The molecule has 0 spiro atoms. The van der Waals surface area contributed by atoms with E-state index in [4.69, 9.17) is 0 Å². The number of thiophene rings is 1. The highest BCUT2D eigenvalue weighted by atomic mass is 32.1. The Kier molecular flexibility index (Phi) is 6.78. The highest BCUT2D eigenvalue weighted by Gasteiger charge is 2.37. The first-order valence-corrected chi connectivity index (χ1v) is 18.5. The first-order valence-electron chi connectivity index (χ1n) is 17.7. The summed E-state index contributed by atoms with van der Waals surface area (Å²) in [6.07, 6.45) is 0. The predicted octanol–water partition coefficient (Wildman–Crippen LogP) is 14.3. The van der Waals surface area contributed by atoms with Gasteiger partial charge in [-0.3, -0.25) is 0 Å². The molecule has 1 aliphatic carbocycles. The summed E-state index contributed by atoms with van der Waals surface area (Å²) in [6.45, 7) is 4.75. The van der Waals surface area contributed by atoms with E-state index >= 15 is 0 Å². The summed E-state index contributed by atoms with van der Waals surface area (Å²) in [6, 6.07) is 64.9. The lowest BCUT2D eigenvalue weighted by atomic mass is 9.79. The third-order valence-corrected chi connectivity index (χ3v) is 12.0. The first-order chi connectivity index (χ1) is 25.1. The Morgan fingerprint density at radius 3 is 2.04 bits per heavy atom. The highest BCUT2D eigenvalue weighted by Crippen LogP contribution is 2.53. The zero-order valence-corrected chi connectivity index (χ0v) is 29.4. The fourth-order valence-electron chi connectivity index (χ4n) is 8.61. The number of fused-ring (bicyclic) bond motifs is 7. The Hall–Kier alpha value is -5.96. The van der Waals surface area contributed by atoms with Gasteiger partial charge in [-0.1, -0.05) is 153 Å².